The zero-order chi connectivity index (χ0) is 10.7. The SMILES string of the molecule is [CH2]/C(C)=C/C=C.[CH2]C(C)/C=C/C=C. The topological polar surface area (TPSA) is 0 Å². The molecule has 0 aliphatic rings. The summed E-state index contributed by atoms with van der Waals surface area (Å²) in [5, 5.41) is 0. The van der Waals surface area contributed by atoms with E-state index in [1.54, 1.807) is 12.2 Å². The Morgan fingerprint density at radius 3 is 1.85 bits per heavy atom. The van der Waals surface area contributed by atoms with Gasteiger partial charge in [-0.05, 0) is 26.7 Å². The van der Waals surface area contributed by atoms with Gasteiger partial charge in [-0.25, -0.2) is 0 Å². The number of hydrogen-bond acceptors (Lipinski definition) is 0. The monoisotopic (exact) mass is 176 g/mol. The van der Waals surface area contributed by atoms with Gasteiger partial charge in [-0.1, -0.05) is 56.0 Å². The third-order valence-electron chi connectivity index (χ3n) is 0.978. The van der Waals surface area contributed by atoms with Crippen molar-refractivity contribution in [1.82, 2.24) is 0 Å². The predicted molar refractivity (Wildman–Crippen MR) is 63.2 cm³/mol. The number of hydrogen-bond donors (Lipinski definition) is 0. The first-order valence-electron chi connectivity index (χ1n) is 4.28. The molecule has 0 nitrogen and oxygen atoms in total. The van der Waals surface area contributed by atoms with Crippen LogP contribution in [0.15, 0.2) is 49.1 Å². The third kappa shape index (κ3) is 24.8. The van der Waals surface area contributed by atoms with Crippen LogP contribution in [-0.2, 0) is 0 Å². The molecule has 0 bridgehead atoms. The Morgan fingerprint density at radius 2 is 1.77 bits per heavy atom. The molecule has 0 aliphatic heterocycles. The van der Waals surface area contributed by atoms with Crippen LogP contribution in [0, 0.1) is 19.8 Å². The van der Waals surface area contributed by atoms with Crippen LogP contribution in [0.5, 0.6) is 0 Å². The van der Waals surface area contributed by atoms with Crippen LogP contribution in [0.2, 0.25) is 0 Å². The maximum absolute atomic E-state index is 3.74. The fraction of sp³-hybridized carbons (Fsp3) is 0.231. The predicted octanol–water partition coefficient (Wildman–Crippen LogP) is 4.15. The van der Waals surface area contributed by atoms with E-state index >= 15 is 0 Å². The molecule has 2 radical (unpaired) electrons. The summed E-state index contributed by atoms with van der Waals surface area (Å²) in [6, 6.07) is 0. The van der Waals surface area contributed by atoms with Gasteiger partial charge in [0.2, 0.25) is 0 Å². The van der Waals surface area contributed by atoms with Crippen molar-refractivity contribution in [3.05, 3.63) is 63.0 Å². The molecule has 0 rings (SSSR count). The fourth-order valence-corrected chi connectivity index (χ4v) is 0.469. The summed E-state index contributed by atoms with van der Waals surface area (Å²) in [5.74, 6) is 0.401. The van der Waals surface area contributed by atoms with Crippen molar-refractivity contribution >= 4 is 0 Å². The van der Waals surface area contributed by atoms with E-state index in [1.807, 2.05) is 32.1 Å². The highest BCUT2D eigenvalue weighted by molar-refractivity contribution is 5.09. The summed E-state index contributed by atoms with van der Waals surface area (Å²) >= 11 is 0. The van der Waals surface area contributed by atoms with Crippen LogP contribution in [0.3, 0.4) is 0 Å². The Balaban J connectivity index is 0. The summed E-state index contributed by atoms with van der Waals surface area (Å²) < 4.78 is 0. The second-order valence-electron chi connectivity index (χ2n) is 2.85. The minimum atomic E-state index is 0.401. The lowest BCUT2D eigenvalue weighted by Gasteiger charge is -1.87. The summed E-state index contributed by atoms with van der Waals surface area (Å²) in [7, 11) is 0. The first kappa shape index (κ1) is 14.5. The lowest BCUT2D eigenvalue weighted by Crippen LogP contribution is -1.74. The molecule has 0 aromatic heterocycles. The summed E-state index contributed by atoms with van der Waals surface area (Å²) in [6.07, 6.45) is 9.23. The second-order valence-corrected chi connectivity index (χ2v) is 2.85. The first-order valence-corrected chi connectivity index (χ1v) is 4.28. The van der Waals surface area contributed by atoms with Crippen molar-refractivity contribution in [2.45, 2.75) is 13.8 Å². The van der Waals surface area contributed by atoms with Gasteiger partial charge in [0.1, 0.15) is 0 Å². The van der Waals surface area contributed by atoms with Gasteiger partial charge in [0.05, 0.1) is 0 Å². The summed E-state index contributed by atoms with van der Waals surface area (Å²) in [4.78, 5) is 0. The second kappa shape index (κ2) is 11.0. The molecule has 0 saturated heterocycles. The minimum absolute atomic E-state index is 0.401. The molecular formula is C13H20. The van der Waals surface area contributed by atoms with E-state index in [0.29, 0.717) is 5.92 Å². The van der Waals surface area contributed by atoms with Crippen molar-refractivity contribution in [3.8, 4) is 0 Å². The molecule has 72 valence electrons. The highest BCUT2D eigenvalue weighted by Gasteiger charge is 1.77. The molecule has 1 atom stereocenters. The first-order chi connectivity index (χ1) is 6.04. The van der Waals surface area contributed by atoms with Gasteiger partial charge in [-0.2, -0.15) is 0 Å². The molecule has 0 aliphatic carbocycles. The lowest BCUT2D eigenvalue weighted by atomic mass is 10.2. The van der Waals surface area contributed by atoms with Crippen molar-refractivity contribution in [1.29, 1.82) is 0 Å². The van der Waals surface area contributed by atoms with Gasteiger partial charge in [0.15, 0.2) is 0 Å². The molecule has 0 N–H and O–H groups in total. The standard InChI is InChI=1S/C7H11.C6H9/c1-4-5-6-7(2)3;1-4-5-6(2)3/h4-7H,1-2H2,3H3;4-5H,1-2H2,3H3/b6-5+;6-5-. The molecule has 0 spiro atoms. The maximum atomic E-state index is 3.74. The quantitative estimate of drug-likeness (QED) is 0.567. The van der Waals surface area contributed by atoms with Gasteiger partial charge in [0, 0.05) is 0 Å². The van der Waals surface area contributed by atoms with E-state index in [2.05, 4.69) is 27.0 Å². The van der Waals surface area contributed by atoms with Crippen LogP contribution in [-0.4, -0.2) is 0 Å². The Bertz CT molecular complexity index is 176. The Labute approximate surface area is 83.4 Å². The fourth-order valence-electron chi connectivity index (χ4n) is 0.469. The highest BCUT2D eigenvalue weighted by atomic mass is 13.8. The van der Waals surface area contributed by atoms with Crippen LogP contribution in [0.1, 0.15) is 13.8 Å². The van der Waals surface area contributed by atoms with E-state index < -0.39 is 0 Å². The Morgan fingerprint density at radius 1 is 1.23 bits per heavy atom. The van der Waals surface area contributed by atoms with E-state index in [1.165, 1.54) is 0 Å². The summed E-state index contributed by atoms with van der Waals surface area (Å²) in [6.45, 7) is 18.3. The van der Waals surface area contributed by atoms with Crippen LogP contribution in [0.25, 0.3) is 0 Å². The molecule has 0 saturated carbocycles. The molecule has 0 heteroatoms. The van der Waals surface area contributed by atoms with E-state index in [-0.39, 0.29) is 0 Å². The highest BCUT2D eigenvalue weighted by Crippen LogP contribution is 1.91. The van der Waals surface area contributed by atoms with Crippen LogP contribution < -0.4 is 0 Å². The average Bonchev–Trinajstić information content (AvgIpc) is 2.01. The van der Waals surface area contributed by atoms with E-state index in [9.17, 15) is 0 Å². The van der Waals surface area contributed by atoms with Gasteiger partial charge >= 0.3 is 0 Å². The summed E-state index contributed by atoms with van der Waals surface area (Å²) in [5.41, 5.74) is 1.05. The number of allylic oxidation sites excluding steroid dienone is 6. The normalized spacial score (nSPS) is 11.0. The van der Waals surface area contributed by atoms with Crippen molar-refractivity contribution in [2.24, 2.45) is 5.92 Å². The molecule has 13 heavy (non-hydrogen) atoms. The molecule has 0 fully saturated rings. The molecule has 0 aromatic carbocycles. The minimum Gasteiger partial charge on any atom is -0.0991 e. The van der Waals surface area contributed by atoms with E-state index in [0.717, 1.165) is 5.57 Å². The maximum Gasteiger partial charge on any atom is -0.0259 e. The zero-order valence-electron chi connectivity index (χ0n) is 8.79. The Kier molecular flexibility index (Phi) is 12.2. The average molecular weight is 176 g/mol. The molecule has 1 unspecified atom stereocenters. The molecule has 0 amide bonds. The lowest BCUT2D eigenvalue weighted by molar-refractivity contribution is 0.936. The van der Waals surface area contributed by atoms with Crippen molar-refractivity contribution in [3.63, 3.8) is 0 Å². The third-order valence-corrected chi connectivity index (χ3v) is 0.978. The molecule has 0 heterocycles. The van der Waals surface area contributed by atoms with E-state index in [4.69, 9.17) is 0 Å². The van der Waals surface area contributed by atoms with Crippen molar-refractivity contribution < 1.29 is 0 Å². The number of rotatable bonds is 3. The molecule has 0 aromatic rings. The van der Waals surface area contributed by atoms with Crippen LogP contribution in [0.4, 0.5) is 0 Å². The van der Waals surface area contributed by atoms with Gasteiger partial charge in [-0.15, -0.1) is 0 Å². The molecular weight excluding hydrogens is 156 g/mol. The smallest absolute Gasteiger partial charge is 0.0259 e. The van der Waals surface area contributed by atoms with Crippen LogP contribution >= 0.6 is 0 Å². The Hall–Kier alpha value is -1.04. The van der Waals surface area contributed by atoms with Gasteiger partial charge < -0.3 is 0 Å². The van der Waals surface area contributed by atoms with Gasteiger partial charge in [-0.3, -0.25) is 0 Å². The van der Waals surface area contributed by atoms with Crippen molar-refractivity contribution in [2.75, 3.05) is 0 Å². The largest absolute Gasteiger partial charge is 0.0991 e. The zero-order valence-corrected chi connectivity index (χ0v) is 8.79. The van der Waals surface area contributed by atoms with Gasteiger partial charge in [0.25, 0.3) is 0 Å².